The number of thiophene rings is 1. The molecule has 10 heteroatoms. The summed E-state index contributed by atoms with van der Waals surface area (Å²) in [5, 5.41) is 24.0. The van der Waals surface area contributed by atoms with Gasteiger partial charge in [0.25, 0.3) is 5.56 Å². The summed E-state index contributed by atoms with van der Waals surface area (Å²) in [6.45, 7) is 0. The number of pyridine rings is 1. The van der Waals surface area contributed by atoms with Gasteiger partial charge in [-0.3, -0.25) is 4.79 Å². The van der Waals surface area contributed by atoms with Crippen LogP contribution in [-0.2, 0) is 12.2 Å². The van der Waals surface area contributed by atoms with Crippen molar-refractivity contribution in [2.45, 2.75) is 17.2 Å². The Labute approximate surface area is 183 Å². The summed E-state index contributed by atoms with van der Waals surface area (Å²) >= 11 is 2.68. The fourth-order valence-electron chi connectivity index (χ4n) is 3.08. The second-order valence-electron chi connectivity index (χ2n) is 6.42. The minimum Gasteiger partial charge on any atom is -0.321 e. The van der Waals surface area contributed by atoms with E-state index in [4.69, 9.17) is 0 Å². The molecule has 0 fully saturated rings. The fourth-order valence-corrected chi connectivity index (χ4v) is 4.81. The summed E-state index contributed by atoms with van der Waals surface area (Å²) in [5.74, 6) is 0.250. The third-order valence-corrected chi connectivity index (χ3v) is 6.36. The summed E-state index contributed by atoms with van der Waals surface area (Å²) < 4.78 is 4.59. The van der Waals surface area contributed by atoms with Gasteiger partial charge in [0.15, 0.2) is 0 Å². The first kappa shape index (κ1) is 20.4. The van der Waals surface area contributed by atoms with E-state index in [2.05, 4.69) is 25.7 Å². The Morgan fingerprint density at radius 1 is 1.10 bits per heavy atom. The van der Waals surface area contributed by atoms with Gasteiger partial charge in [0, 0.05) is 22.6 Å². The number of aromatic amines is 2. The molecule has 0 aliphatic carbocycles. The lowest BCUT2D eigenvalue weighted by Crippen LogP contribution is -2.14. The number of thioether (sulfide) groups is 1. The molecule has 0 radical (unpaired) electrons. The topological polar surface area (TPSA) is 139 Å². The summed E-state index contributed by atoms with van der Waals surface area (Å²) in [5.41, 5.74) is 1.95. The number of hydrogen-bond donors (Lipinski definition) is 2. The van der Waals surface area contributed by atoms with Gasteiger partial charge in [-0.05, 0) is 22.6 Å². The van der Waals surface area contributed by atoms with Crippen LogP contribution in [0.2, 0.25) is 0 Å². The largest absolute Gasteiger partial charge is 0.459 e. The number of rotatable bonds is 6. The van der Waals surface area contributed by atoms with Crippen LogP contribution in [0.15, 0.2) is 60.9 Å². The Bertz CT molecular complexity index is 1440. The molecule has 0 unspecified atom stereocenters. The molecule has 2 N–H and O–H groups in total. The van der Waals surface area contributed by atoms with Crippen LogP contribution >= 0.6 is 23.1 Å². The van der Waals surface area contributed by atoms with Gasteiger partial charge in [0.2, 0.25) is 0 Å². The van der Waals surface area contributed by atoms with Crippen LogP contribution < -0.4 is 11.3 Å². The van der Waals surface area contributed by atoms with E-state index in [0.29, 0.717) is 33.5 Å². The van der Waals surface area contributed by atoms with Gasteiger partial charge in [-0.15, -0.1) is 23.1 Å². The van der Waals surface area contributed by atoms with Crippen molar-refractivity contribution in [3.05, 3.63) is 90.8 Å². The van der Waals surface area contributed by atoms with E-state index in [9.17, 15) is 20.1 Å². The predicted octanol–water partition coefficient (Wildman–Crippen LogP) is 3.41. The smallest absolute Gasteiger partial charge is 0.321 e. The molecule has 1 aromatic carbocycles. The number of hydrogen-bond acceptors (Lipinski definition) is 8. The molecule has 8 nitrogen and oxygen atoms in total. The maximum Gasteiger partial charge on any atom is 0.459 e. The molecule has 31 heavy (non-hydrogen) atoms. The monoisotopic (exact) mass is 447 g/mol. The van der Waals surface area contributed by atoms with E-state index in [-0.39, 0.29) is 11.1 Å². The van der Waals surface area contributed by atoms with Crippen molar-refractivity contribution < 1.29 is 4.52 Å². The van der Waals surface area contributed by atoms with Crippen LogP contribution in [0.1, 0.15) is 28.1 Å². The lowest BCUT2D eigenvalue weighted by molar-refractivity contribution is 0.382. The van der Waals surface area contributed by atoms with Gasteiger partial charge >= 0.3 is 5.76 Å². The van der Waals surface area contributed by atoms with Crippen molar-refractivity contribution in [1.29, 1.82) is 10.5 Å². The molecule has 0 saturated heterocycles. The molecule has 3 heterocycles. The van der Waals surface area contributed by atoms with Crippen LogP contribution in [-0.4, -0.2) is 15.1 Å². The quantitative estimate of drug-likeness (QED) is 0.432. The summed E-state index contributed by atoms with van der Waals surface area (Å²) in [7, 11) is 0. The molecule has 0 spiro atoms. The van der Waals surface area contributed by atoms with Crippen molar-refractivity contribution in [2.75, 3.05) is 0 Å². The summed E-state index contributed by atoms with van der Waals surface area (Å²) in [6.07, 6.45) is 0.407. The Morgan fingerprint density at radius 2 is 1.90 bits per heavy atom. The Balaban J connectivity index is 1.63. The Morgan fingerprint density at radius 3 is 2.58 bits per heavy atom. The SMILES string of the molecule is N#Cc1c(SCc2cccc(Cc3nc(=O)o[nH]3)c2)[nH]c(=O)c(C#N)c1-c1cccs1. The third kappa shape index (κ3) is 4.36. The minimum absolute atomic E-state index is 0.0630. The second-order valence-corrected chi connectivity index (χ2v) is 8.36. The highest BCUT2D eigenvalue weighted by atomic mass is 32.2. The first-order valence-corrected chi connectivity index (χ1v) is 10.8. The average Bonchev–Trinajstić information content (AvgIpc) is 3.44. The normalized spacial score (nSPS) is 10.5. The maximum absolute atomic E-state index is 12.5. The molecule has 0 aliphatic rings. The van der Waals surface area contributed by atoms with E-state index < -0.39 is 11.3 Å². The summed E-state index contributed by atoms with van der Waals surface area (Å²) in [6, 6.07) is 15.3. The molecule has 0 amide bonds. The van der Waals surface area contributed by atoms with Crippen LogP contribution in [0.5, 0.6) is 0 Å². The number of aromatic nitrogens is 3. The van der Waals surface area contributed by atoms with E-state index in [0.717, 1.165) is 11.1 Å². The standard InChI is InChI=1S/C21H13N5O3S2/c22-9-14-18(16-5-2-6-30-16)15(10-23)20(25-19(14)27)31-11-13-4-1-3-12(7-13)8-17-24-21(28)29-26-17/h1-7H,8,11H2,(H,25,27)(H,24,26,28). The molecular weight excluding hydrogens is 434 g/mol. The first-order valence-electron chi connectivity index (χ1n) is 8.98. The lowest BCUT2D eigenvalue weighted by atomic mass is 10.0. The molecule has 0 saturated carbocycles. The van der Waals surface area contributed by atoms with E-state index >= 15 is 0 Å². The van der Waals surface area contributed by atoms with Crippen molar-refractivity contribution in [3.63, 3.8) is 0 Å². The van der Waals surface area contributed by atoms with Crippen LogP contribution in [0, 0.1) is 22.7 Å². The maximum atomic E-state index is 12.5. The van der Waals surface area contributed by atoms with Gasteiger partial charge in [0.1, 0.15) is 23.5 Å². The molecule has 0 bridgehead atoms. The van der Waals surface area contributed by atoms with E-state index in [1.807, 2.05) is 41.8 Å². The number of H-pyrrole nitrogens is 2. The van der Waals surface area contributed by atoms with E-state index in [1.165, 1.54) is 23.1 Å². The average molecular weight is 448 g/mol. The van der Waals surface area contributed by atoms with E-state index in [1.54, 1.807) is 6.07 Å². The van der Waals surface area contributed by atoms with Crippen molar-refractivity contribution in [2.24, 2.45) is 0 Å². The molecule has 152 valence electrons. The molecule has 0 atom stereocenters. The van der Waals surface area contributed by atoms with Gasteiger partial charge in [-0.2, -0.15) is 15.5 Å². The predicted molar refractivity (Wildman–Crippen MR) is 116 cm³/mol. The molecule has 0 aliphatic heterocycles. The fraction of sp³-hybridized carbons (Fsp3) is 0.0952. The number of nitriles is 2. The number of benzene rings is 1. The highest BCUT2D eigenvalue weighted by molar-refractivity contribution is 7.98. The Kier molecular flexibility index (Phi) is 5.85. The molecule has 3 aromatic heterocycles. The van der Waals surface area contributed by atoms with Crippen LogP contribution in [0.25, 0.3) is 10.4 Å². The van der Waals surface area contributed by atoms with Crippen LogP contribution in [0.4, 0.5) is 0 Å². The zero-order chi connectivity index (χ0) is 21.8. The van der Waals surface area contributed by atoms with Crippen LogP contribution in [0.3, 0.4) is 0 Å². The second kappa shape index (κ2) is 8.88. The van der Waals surface area contributed by atoms with Gasteiger partial charge < -0.3 is 9.51 Å². The first-order chi connectivity index (χ1) is 15.1. The minimum atomic E-state index is -0.669. The lowest BCUT2D eigenvalue weighted by Gasteiger charge is -2.10. The molecule has 4 rings (SSSR count). The Hall–Kier alpha value is -3.86. The van der Waals surface area contributed by atoms with Crippen molar-refractivity contribution in [3.8, 4) is 22.6 Å². The van der Waals surface area contributed by atoms with Gasteiger partial charge in [0.05, 0.1) is 10.6 Å². The van der Waals surface area contributed by atoms with Crippen molar-refractivity contribution in [1.82, 2.24) is 15.1 Å². The number of nitrogens with one attached hydrogen (secondary N) is 2. The molecule has 4 aromatic rings. The zero-order valence-corrected chi connectivity index (χ0v) is 17.5. The van der Waals surface area contributed by atoms with Gasteiger partial charge in [-0.1, -0.05) is 30.3 Å². The highest BCUT2D eigenvalue weighted by Gasteiger charge is 2.20. The van der Waals surface area contributed by atoms with Crippen molar-refractivity contribution >= 4 is 23.1 Å². The van der Waals surface area contributed by atoms with Gasteiger partial charge in [-0.25, -0.2) is 9.95 Å². The summed E-state index contributed by atoms with van der Waals surface area (Å²) in [4.78, 5) is 30.7. The zero-order valence-electron chi connectivity index (χ0n) is 15.8. The number of nitrogens with zero attached hydrogens (tertiary/aromatic N) is 3. The third-order valence-electron chi connectivity index (χ3n) is 4.40. The highest BCUT2D eigenvalue weighted by Crippen LogP contribution is 2.34. The molecular formula is C21H13N5O3S2.